The molecule has 0 saturated heterocycles. The zero-order valence-corrected chi connectivity index (χ0v) is 13.7. The van der Waals surface area contributed by atoms with Crippen molar-refractivity contribution in [2.75, 3.05) is 25.5 Å². The van der Waals surface area contributed by atoms with Crippen LogP contribution in [0.5, 0.6) is 0 Å². The van der Waals surface area contributed by atoms with Crippen molar-refractivity contribution in [3.8, 4) is 11.8 Å². The summed E-state index contributed by atoms with van der Waals surface area (Å²) in [5.74, 6) is 6.07. The number of carbonyl (C=O) groups is 1. The van der Waals surface area contributed by atoms with Gasteiger partial charge in [-0.05, 0) is 36.2 Å². The number of nitrogens with zero attached hydrogens (tertiary/aromatic N) is 1. The van der Waals surface area contributed by atoms with Gasteiger partial charge in [-0.3, -0.25) is 4.79 Å². The average Bonchev–Trinajstić information content (AvgIpc) is 2.58. The lowest BCUT2D eigenvalue weighted by atomic mass is 10.1. The highest BCUT2D eigenvalue weighted by molar-refractivity contribution is 5.76. The van der Waals surface area contributed by atoms with Crippen molar-refractivity contribution in [2.45, 2.75) is 12.8 Å². The molecule has 1 N–H and O–H groups in total. The minimum atomic E-state index is 0.0334. The minimum Gasteiger partial charge on any atom is -0.378 e. The van der Waals surface area contributed by atoms with E-state index in [9.17, 15) is 4.79 Å². The molecule has 0 spiro atoms. The van der Waals surface area contributed by atoms with Crippen LogP contribution in [-0.2, 0) is 11.2 Å². The first-order chi connectivity index (χ1) is 11.1. The van der Waals surface area contributed by atoms with Gasteiger partial charge in [-0.1, -0.05) is 42.2 Å². The number of benzene rings is 2. The van der Waals surface area contributed by atoms with Gasteiger partial charge in [-0.2, -0.15) is 0 Å². The van der Waals surface area contributed by atoms with Gasteiger partial charge < -0.3 is 10.2 Å². The van der Waals surface area contributed by atoms with E-state index in [4.69, 9.17) is 0 Å². The first kappa shape index (κ1) is 16.6. The molecule has 0 bridgehead atoms. The Bertz CT molecular complexity index is 679. The Morgan fingerprint density at radius 3 is 2.39 bits per heavy atom. The second-order valence-electron chi connectivity index (χ2n) is 5.51. The van der Waals surface area contributed by atoms with Crippen molar-refractivity contribution >= 4 is 11.6 Å². The van der Waals surface area contributed by atoms with E-state index in [0.29, 0.717) is 13.0 Å². The largest absolute Gasteiger partial charge is 0.378 e. The SMILES string of the molecule is CN(C)c1ccc(C#CCNC(=O)CCc2ccccc2)cc1. The Morgan fingerprint density at radius 2 is 1.74 bits per heavy atom. The van der Waals surface area contributed by atoms with Crippen molar-refractivity contribution in [3.63, 3.8) is 0 Å². The van der Waals surface area contributed by atoms with Crippen molar-refractivity contribution in [2.24, 2.45) is 0 Å². The fourth-order valence-electron chi connectivity index (χ4n) is 2.12. The predicted octanol–water partition coefficient (Wildman–Crippen LogP) is 2.85. The normalized spacial score (nSPS) is 9.65. The number of anilines is 1. The van der Waals surface area contributed by atoms with Gasteiger partial charge in [0.15, 0.2) is 0 Å². The molecule has 3 nitrogen and oxygen atoms in total. The van der Waals surface area contributed by atoms with E-state index in [-0.39, 0.29) is 5.91 Å². The number of hydrogen-bond acceptors (Lipinski definition) is 2. The molecule has 2 rings (SSSR count). The minimum absolute atomic E-state index is 0.0334. The third-order valence-electron chi connectivity index (χ3n) is 3.47. The standard InChI is InChI=1S/C20H22N2O/c1-22(2)19-13-10-18(11-14-19)9-6-16-21-20(23)15-12-17-7-4-3-5-8-17/h3-5,7-8,10-11,13-14H,12,15-16H2,1-2H3,(H,21,23). The van der Waals surface area contributed by atoms with Gasteiger partial charge >= 0.3 is 0 Å². The highest BCUT2D eigenvalue weighted by Crippen LogP contribution is 2.11. The van der Waals surface area contributed by atoms with Crippen molar-refractivity contribution in [1.82, 2.24) is 5.32 Å². The number of aryl methyl sites for hydroxylation is 1. The first-order valence-corrected chi connectivity index (χ1v) is 7.72. The fourth-order valence-corrected chi connectivity index (χ4v) is 2.12. The van der Waals surface area contributed by atoms with Crippen LogP contribution >= 0.6 is 0 Å². The third kappa shape index (κ3) is 5.88. The molecule has 2 aromatic carbocycles. The Labute approximate surface area is 138 Å². The molecule has 118 valence electrons. The summed E-state index contributed by atoms with van der Waals surface area (Å²) in [5, 5.41) is 2.83. The van der Waals surface area contributed by atoms with Crippen LogP contribution in [0.15, 0.2) is 54.6 Å². The zero-order valence-electron chi connectivity index (χ0n) is 13.7. The second kappa shape index (κ2) is 8.65. The highest BCUT2D eigenvalue weighted by atomic mass is 16.1. The Balaban J connectivity index is 1.73. The highest BCUT2D eigenvalue weighted by Gasteiger charge is 2.00. The van der Waals surface area contributed by atoms with E-state index in [1.54, 1.807) is 0 Å². The summed E-state index contributed by atoms with van der Waals surface area (Å²) in [6.07, 6.45) is 1.25. The molecule has 0 heterocycles. The van der Waals surface area contributed by atoms with Crippen LogP contribution in [0.3, 0.4) is 0 Å². The lowest BCUT2D eigenvalue weighted by molar-refractivity contribution is -0.120. The third-order valence-corrected chi connectivity index (χ3v) is 3.47. The summed E-state index contributed by atoms with van der Waals surface area (Å²) in [6.45, 7) is 0.378. The molecule has 3 heteroatoms. The molecule has 0 radical (unpaired) electrons. The monoisotopic (exact) mass is 306 g/mol. The quantitative estimate of drug-likeness (QED) is 0.862. The van der Waals surface area contributed by atoms with E-state index in [2.05, 4.69) is 17.2 Å². The number of rotatable bonds is 5. The van der Waals surface area contributed by atoms with Crippen LogP contribution < -0.4 is 10.2 Å². The van der Waals surface area contributed by atoms with Gasteiger partial charge in [-0.15, -0.1) is 0 Å². The summed E-state index contributed by atoms with van der Waals surface area (Å²) >= 11 is 0. The van der Waals surface area contributed by atoms with E-state index < -0.39 is 0 Å². The molecular formula is C20H22N2O. The fraction of sp³-hybridized carbons (Fsp3) is 0.250. The Morgan fingerprint density at radius 1 is 1.04 bits per heavy atom. The van der Waals surface area contributed by atoms with Gasteiger partial charge in [0.1, 0.15) is 0 Å². The van der Waals surface area contributed by atoms with Gasteiger partial charge in [-0.25, -0.2) is 0 Å². The van der Waals surface area contributed by atoms with Crippen LogP contribution in [0.1, 0.15) is 17.5 Å². The van der Waals surface area contributed by atoms with Gasteiger partial charge in [0.2, 0.25) is 5.91 Å². The summed E-state index contributed by atoms with van der Waals surface area (Å²) in [7, 11) is 4.01. The average molecular weight is 306 g/mol. The summed E-state index contributed by atoms with van der Waals surface area (Å²) in [6, 6.07) is 18.0. The Kier molecular flexibility index (Phi) is 6.26. The van der Waals surface area contributed by atoms with E-state index in [1.807, 2.05) is 73.6 Å². The van der Waals surface area contributed by atoms with Crippen LogP contribution in [0, 0.1) is 11.8 Å². The number of carbonyl (C=O) groups excluding carboxylic acids is 1. The topological polar surface area (TPSA) is 32.3 Å². The van der Waals surface area contributed by atoms with Crippen LogP contribution in [0.2, 0.25) is 0 Å². The van der Waals surface area contributed by atoms with Crippen LogP contribution in [0.4, 0.5) is 5.69 Å². The van der Waals surface area contributed by atoms with Crippen molar-refractivity contribution in [3.05, 3.63) is 65.7 Å². The predicted molar refractivity (Wildman–Crippen MR) is 95.4 cm³/mol. The molecule has 0 fully saturated rings. The van der Waals surface area contributed by atoms with Crippen LogP contribution in [0.25, 0.3) is 0 Å². The van der Waals surface area contributed by atoms with E-state index in [0.717, 1.165) is 17.7 Å². The Hall–Kier alpha value is -2.73. The zero-order chi connectivity index (χ0) is 16.5. The smallest absolute Gasteiger partial charge is 0.221 e. The summed E-state index contributed by atoms with van der Waals surface area (Å²) in [5.41, 5.74) is 3.27. The molecular weight excluding hydrogens is 284 g/mol. The first-order valence-electron chi connectivity index (χ1n) is 7.72. The molecule has 23 heavy (non-hydrogen) atoms. The molecule has 0 aromatic heterocycles. The second-order valence-corrected chi connectivity index (χ2v) is 5.51. The van der Waals surface area contributed by atoms with Gasteiger partial charge in [0.05, 0.1) is 6.54 Å². The molecule has 0 unspecified atom stereocenters. The van der Waals surface area contributed by atoms with Crippen molar-refractivity contribution in [1.29, 1.82) is 0 Å². The molecule has 0 aliphatic heterocycles. The lowest BCUT2D eigenvalue weighted by Gasteiger charge is -2.11. The van der Waals surface area contributed by atoms with Gasteiger partial charge in [0.25, 0.3) is 0 Å². The molecule has 0 aliphatic rings. The number of amides is 1. The lowest BCUT2D eigenvalue weighted by Crippen LogP contribution is -2.23. The summed E-state index contributed by atoms with van der Waals surface area (Å²) < 4.78 is 0. The van der Waals surface area contributed by atoms with E-state index in [1.165, 1.54) is 5.56 Å². The summed E-state index contributed by atoms with van der Waals surface area (Å²) in [4.78, 5) is 13.8. The van der Waals surface area contributed by atoms with Crippen LogP contribution in [-0.4, -0.2) is 26.5 Å². The maximum Gasteiger partial charge on any atom is 0.221 e. The maximum atomic E-state index is 11.8. The van der Waals surface area contributed by atoms with Crippen molar-refractivity contribution < 1.29 is 4.79 Å². The van der Waals surface area contributed by atoms with E-state index >= 15 is 0 Å². The molecule has 0 saturated carbocycles. The molecule has 0 aliphatic carbocycles. The number of hydrogen-bond donors (Lipinski definition) is 1. The molecule has 0 atom stereocenters. The maximum absolute atomic E-state index is 11.8. The number of nitrogens with one attached hydrogen (secondary N) is 1. The molecule has 2 aromatic rings. The van der Waals surface area contributed by atoms with Gasteiger partial charge in [0, 0.05) is 31.8 Å². The molecule has 1 amide bonds.